The Hall–Kier alpha value is -3.26. The fourth-order valence-electron chi connectivity index (χ4n) is 1.52. The predicted octanol–water partition coefficient (Wildman–Crippen LogP) is -1.62. The lowest BCUT2D eigenvalue weighted by Crippen LogP contribution is -2.49. The zero-order valence-corrected chi connectivity index (χ0v) is 24.1. The smallest absolute Gasteiger partial charge is 0.322 e. The molecule has 38 heavy (non-hydrogen) atoms. The van der Waals surface area contributed by atoms with Crippen LogP contribution in [0.4, 0.5) is 0 Å². The van der Waals surface area contributed by atoms with Gasteiger partial charge < -0.3 is 47.7 Å². The number of hydrogen-bond acceptors (Lipinski definition) is 8. The molecule has 0 aromatic rings. The van der Waals surface area contributed by atoms with E-state index in [-0.39, 0.29) is 39.6 Å². The molecule has 0 saturated carbocycles. The summed E-state index contributed by atoms with van der Waals surface area (Å²) in [5.74, 6) is -3.30. The van der Waals surface area contributed by atoms with Crippen molar-refractivity contribution in [3.05, 3.63) is 0 Å². The van der Waals surface area contributed by atoms with E-state index in [4.69, 9.17) is 10.8 Å². The van der Waals surface area contributed by atoms with Gasteiger partial charge in [-0.25, -0.2) is 0 Å². The molecule has 0 atom stereocenters. The number of carbonyl (C=O) groups is 6. The number of carbonyl (C=O) groups excluding carboxylic acids is 5. The Kier molecular flexibility index (Phi) is 45.0. The summed E-state index contributed by atoms with van der Waals surface area (Å²) in [6.07, 6.45) is 6.98. The Morgan fingerprint density at radius 3 is 1.37 bits per heavy atom. The second-order valence-corrected chi connectivity index (χ2v) is 7.55. The molecule has 0 unspecified atom stereocenters. The van der Waals surface area contributed by atoms with Gasteiger partial charge in [0.1, 0.15) is 6.54 Å². The average molecular weight is 559 g/mol. The van der Waals surface area contributed by atoms with Crippen molar-refractivity contribution < 1.29 is 47.6 Å². The number of nitrogens with two attached hydrogens (primary N) is 1. The molecule has 10 N–H and O–H groups in total. The molecule has 14 nitrogen and oxygen atoms in total. The molecule has 230 valence electrons. The summed E-state index contributed by atoms with van der Waals surface area (Å²) in [5, 5.41) is 26.8. The van der Waals surface area contributed by atoms with E-state index in [1.807, 2.05) is 5.32 Å². The number of amides is 4. The van der Waals surface area contributed by atoms with Crippen LogP contribution in [0.5, 0.6) is 0 Å². The highest BCUT2D eigenvalue weighted by atomic mass is 16.4. The maximum atomic E-state index is 10.9. The number of rotatable bonds is 13. The molecule has 0 aliphatic rings. The number of carboxylic acid groups (broad SMARTS) is 2. The van der Waals surface area contributed by atoms with Gasteiger partial charge in [-0.15, -0.1) is 0 Å². The van der Waals surface area contributed by atoms with Crippen LogP contribution in [0.3, 0.4) is 0 Å². The summed E-state index contributed by atoms with van der Waals surface area (Å²) in [6.45, 7) is 12.3. The first-order chi connectivity index (χ1) is 17.7. The molecular formula is C24H56N6O8. The normalized spacial score (nSPS) is 8.53. The van der Waals surface area contributed by atoms with Crippen LogP contribution in [0.15, 0.2) is 0 Å². The number of carboxylic acids is 2. The van der Waals surface area contributed by atoms with Crippen molar-refractivity contribution in [1.29, 1.82) is 0 Å². The first kappa shape index (κ1) is 44.7. The summed E-state index contributed by atoms with van der Waals surface area (Å²) < 4.78 is 0. The molecule has 0 radical (unpaired) electrons. The third-order valence-electron chi connectivity index (χ3n) is 3.48. The van der Waals surface area contributed by atoms with E-state index in [1.54, 1.807) is 0 Å². The highest BCUT2D eigenvalue weighted by Crippen LogP contribution is 1.81. The van der Waals surface area contributed by atoms with Crippen LogP contribution in [0.25, 0.3) is 0 Å². The summed E-state index contributed by atoms with van der Waals surface area (Å²) in [6, 6.07) is 0. The van der Waals surface area contributed by atoms with Crippen molar-refractivity contribution in [2.75, 3.05) is 39.3 Å². The van der Waals surface area contributed by atoms with E-state index < -0.39 is 18.5 Å². The minimum atomic E-state index is -1.28. The van der Waals surface area contributed by atoms with E-state index in [0.717, 1.165) is 25.9 Å². The lowest BCUT2D eigenvalue weighted by molar-refractivity contribution is -0.368. The highest BCUT2D eigenvalue weighted by molar-refractivity contribution is 5.83. The van der Waals surface area contributed by atoms with E-state index in [0.29, 0.717) is 6.54 Å². The second-order valence-electron chi connectivity index (χ2n) is 7.55. The Bertz CT molecular complexity index is 564. The molecule has 0 bridgehead atoms. The lowest BCUT2D eigenvalue weighted by Gasteiger charge is -2.03. The van der Waals surface area contributed by atoms with Gasteiger partial charge in [0.15, 0.2) is 0 Å². The third kappa shape index (κ3) is 76.7. The Labute approximate surface area is 230 Å². The minimum absolute atomic E-state index is 0. The van der Waals surface area contributed by atoms with Crippen molar-refractivity contribution in [3.8, 4) is 0 Å². The average Bonchev–Trinajstić information content (AvgIpc) is 2.83. The van der Waals surface area contributed by atoms with Crippen LogP contribution < -0.4 is 37.8 Å². The van der Waals surface area contributed by atoms with Crippen LogP contribution in [-0.2, 0) is 28.8 Å². The minimum Gasteiger partial charge on any atom is -0.548 e. The van der Waals surface area contributed by atoms with Gasteiger partial charge in [-0.3, -0.25) is 24.0 Å². The van der Waals surface area contributed by atoms with Crippen molar-refractivity contribution in [2.24, 2.45) is 5.73 Å². The monoisotopic (exact) mass is 558 g/mol. The van der Waals surface area contributed by atoms with Crippen LogP contribution in [0, 0.1) is 0 Å². The molecule has 0 aromatic heterocycles. The molecule has 0 heterocycles. The fourth-order valence-corrected chi connectivity index (χ4v) is 1.52. The van der Waals surface area contributed by atoms with Crippen molar-refractivity contribution in [2.45, 2.75) is 80.1 Å². The maximum Gasteiger partial charge on any atom is 0.322 e. The maximum absolute atomic E-state index is 10.9. The standard InChI is InChI=1S/C8H16N2O2.2C4H7NO3.2C4H11N.2H2/c1-3-4-5-9-8(12)6-10-7(2)11;2*1-3(6)5-2-4(7)8;2*1-2-3-4-5;;/h3-6H2,1-2H3,(H,9,12)(H,10,11);2*2H2,1H3,(H,5,6)(H,7,8);2*2-5H2,1H3;2*1H/i;;;;;2*1+1. The fraction of sp³-hybridized carbons (Fsp3) is 0.750. The van der Waals surface area contributed by atoms with Crippen LogP contribution in [-0.4, -0.2) is 79.9 Å². The number of unbranched alkanes of at least 4 members (excludes halogenated alkanes) is 3. The zero-order chi connectivity index (χ0) is 30.8. The van der Waals surface area contributed by atoms with Crippen molar-refractivity contribution >= 4 is 35.6 Å². The van der Waals surface area contributed by atoms with Gasteiger partial charge in [0.25, 0.3) is 0 Å². The summed E-state index contributed by atoms with van der Waals surface area (Å²) in [5.41, 5.74) is 8.81. The summed E-state index contributed by atoms with van der Waals surface area (Å²) >= 11 is 0. The summed E-state index contributed by atoms with van der Waals surface area (Å²) in [7, 11) is 0. The quantitative estimate of drug-likeness (QED) is 0.128. The van der Waals surface area contributed by atoms with Gasteiger partial charge >= 0.3 is 5.97 Å². The highest BCUT2D eigenvalue weighted by Gasteiger charge is 1.99. The first-order valence-electron chi connectivity index (χ1n) is 12.7. The van der Waals surface area contributed by atoms with Gasteiger partial charge in [0.05, 0.1) is 25.6 Å². The molecule has 0 spiro atoms. The molecule has 0 fully saturated rings. The molecular weight excluding hydrogens is 500 g/mol. The van der Waals surface area contributed by atoms with Crippen molar-refractivity contribution in [1.82, 2.24) is 21.3 Å². The first-order valence-corrected chi connectivity index (χ1v) is 12.7. The van der Waals surface area contributed by atoms with Gasteiger partial charge in [0, 0.05) is 30.2 Å². The number of nitrogens with one attached hydrogen (secondary N) is 4. The third-order valence-corrected chi connectivity index (χ3v) is 3.48. The van der Waals surface area contributed by atoms with Crippen LogP contribution in [0.1, 0.15) is 82.9 Å². The predicted molar refractivity (Wildman–Crippen MR) is 147 cm³/mol. The van der Waals surface area contributed by atoms with Crippen LogP contribution >= 0.6 is 0 Å². The number of quaternary nitrogens is 1. The molecule has 0 saturated heterocycles. The van der Waals surface area contributed by atoms with Crippen LogP contribution in [0.2, 0.25) is 0 Å². The van der Waals surface area contributed by atoms with E-state index in [2.05, 4.69) is 42.5 Å². The molecule has 0 aliphatic carbocycles. The molecule has 0 rings (SSSR count). The van der Waals surface area contributed by atoms with Crippen molar-refractivity contribution in [3.63, 3.8) is 0 Å². The van der Waals surface area contributed by atoms with E-state index in [9.17, 15) is 33.9 Å². The van der Waals surface area contributed by atoms with Gasteiger partial charge in [-0.2, -0.15) is 0 Å². The topological polar surface area (TPSA) is 247 Å². The van der Waals surface area contributed by atoms with Gasteiger partial charge in [0.2, 0.25) is 23.6 Å². The SMILES string of the molecule is CC(=O)NCC(=O)O.CC(=O)NCC(=O)[O-].CCCCN.CCCCNC(=O)CNC(C)=O.CCCC[NH3+].[2HH].[2HH]. The van der Waals surface area contributed by atoms with Gasteiger partial charge in [-0.1, -0.05) is 40.0 Å². The Morgan fingerprint density at radius 2 is 1.16 bits per heavy atom. The molecule has 0 aliphatic heterocycles. The molecule has 14 heteroatoms. The largest absolute Gasteiger partial charge is 0.548 e. The Morgan fingerprint density at radius 1 is 0.737 bits per heavy atom. The lowest BCUT2D eigenvalue weighted by atomic mass is 10.3. The number of hydrogen-bond donors (Lipinski definition) is 7. The Balaban J connectivity index is -0.0000000699. The molecule has 4 amide bonds. The van der Waals surface area contributed by atoms with Gasteiger partial charge in [-0.05, 0) is 25.8 Å². The zero-order valence-electron chi connectivity index (χ0n) is 24.1. The van der Waals surface area contributed by atoms with E-state index >= 15 is 0 Å². The number of aliphatic carboxylic acids is 2. The second kappa shape index (κ2) is 38.3. The molecule has 0 aromatic carbocycles. The summed E-state index contributed by atoms with van der Waals surface area (Å²) in [4.78, 5) is 60.5. The van der Waals surface area contributed by atoms with E-state index in [1.165, 1.54) is 46.5 Å².